The number of rotatable bonds is 6. The number of amides is 1. The van der Waals surface area contributed by atoms with Crippen molar-refractivity contribution in [2.24, 2.45) is 0 Å². The van der Waals surface area contributed by atoms with Crippen LogP contribution in [0.4, 0.5) is 0 Å². The Hall–Kier alpha value is -2.21. The summed E-state index contributed by atoms with van der Waals surface area (Å²) >= 11 is 0. The standard InChI is InChI=1S/C17H25N5O/c1-11(2)14-8-6-7-9-15(14)22-13(4)20-16(21-22)17(23)19-10-12(3)18-5/h6-9,11-12,18H,10H2,1-5H3,(H,19,23). The number of nitrogens with zero attached hydrogens (tertiary/aromatic N) is 3. The van der Waals surface area contributed by atoms with Crippen LogP contribution in [0.2, 0.25) is 0 Å². The number of nitrogens with one attached hydrogen (secondary N) is 2. The average molecular weight is 315 g/mol. The summed E-state index contributed by atoms with van der Waals surface area (Å²) in [6.07, 6.45) is 0. The normalized spacial score (nSPS) is 12.4. The molecule has 0 aliphatic carbocycles. The van der Waals surface area contributed by atoms with Gasteiger partial charge in [0.2, 0.25) is 5.82 Å². The second kappa shape index (κ2) is 7.37. The fourth-order valence-electron chi connectivity index (χ4n) is 2.31. The summed E-state index contributed by atoms with van der Waals surface area (Å²) < 4.78 is 1.74. The molecule has 1 atom stereocenters. The van der Waals surface area contributed by atoms with Crippen LogP contribution in [0.25, 0.3) is 5.69 Å². The summed E-state index contributed by atoms with van der Waals surface area (Å²) in [6, 6.07) is 8.26. The van der Waals surface area contributed by atoms with E-state index in [-0.39, 0.29) is 17.8 Å². The molecular formula is C17H25N5O. The minimum atomic E-state index is -0.254. The number of aryl methyl sites for hydroxylation is 1. The lowest BCUT2D eigenvalue weighted by Gasteiger charge is -2.12. The highest BCUT2D eigenvalue weighted by atomic mass is 16.2. The Morgan fingerprint density at radius 3 is 2.61 bits per heavy atom. The van der Waals surface area contributed by atoms with Gasteiger partial charge in [0.15, 0.2) is 0 Å². The third kappa shape index (κ3) is 3.96. The van der Waals surface area contributed by atoms with Crippen LogP contribution in [0, 0.1) is 6.92 Å². The minimum absolute atomic E-state index is 0.198. The topological polar surface area (TPSA) is 71.8 Å². The van der Waals surface area contributed by atoms with Crippen LogP contribution in [-0.2, 0) is 0 Å². The van der Waals surface area contributed by atoms with E-state index in [4.69, 9.17) is 0 Å². The Kier molecular flexibility index (Phi) is 5.50. The lowest BCUT2D eigenvalue weighted by Crippen LogP contribution is -2.37. The van der Waals surface area contributed by atoms with Crippen LogP contribution in [0.15, 0.2) is 24.3 Å². The molecule has 1 aromatic carbocycles. The predicted octanol–water partition coefficient (Wildman–Crippen LogP) is 2.04. The van der Waals surface area contributed by atoms with Crippen LogP contribution in [0.5, 0.6) is 0 Å². The quantitative estimate of drug-likeness (QED) is 0.855. The molecule has 0 saturated carbocycles. The Bertz CT molecular complexity index is 677. The summed E-state index contributed by atoms with van der Waals surface area (Å²) in [5.41, 5.74) is 2.14. The van der Waals surface area contributed by atoms with Crippen molar-refractivity contribution in [1.82, 2.24) is 25.4 Å². The number of hydrogen-bond donors (Lipinski definition) is 2. The highest BCUT2D eigenvalue weighted by molar-refractivity contribution is 5.90. The van der Waals surface area contributed by atoms with Gasteiger partial charge in [-0.2, -0.15) is 0 Å². The summed E-state index contributed by atoms with van der Waals surface area (Å²) in [4.78, 5) is 16.5. The van der Waals surface area contributed by atoms with Crippen LogP contribution in [-0.4, -0.2) is 40.3 Å². The molecule has 0 radical (unpaired) electrons. The van der Waals surface area contributed by atoms with Gasteiger partial charge >= 0.3 is 0 Å². The van der Waals surface area contributed by atoms with E-state index in [0.29, 0.717) is 18.3 Å². The smallest absolute Gasteiger partial charge is 0.291 e. The molecule has 0 aliphatic rings. The van der Waals surface area contributed by atoms with Gasteiger partial charge < -0.3 is 10.6 Å². The molecule has 6 heteroatoms. The first-order valence-electron chi connectivity index (χ1n) is 7.92. The molecule has 124 valence electrons. The molecule has 0 saturated heterocycles. The Labute approximate surface area is 137 Å². The molecule has 1 heterocycles. The Morgan fingerprint density at radius 1 is 1.26 bits per heavy atom. The maximum absolute atomic E-state index is 12.2. The van der Waals surface area contributed by atoms with E-state index in [1.807, 2.05) is 39.1 Å². The second-order valence-electron chi connectivity index (χ2n) is 6.01. The zero-order chi connectivity index (χ0) is 17.0. The first-order valence-corrected chi connectivity index (χ1v) is 7.92. The fraction of sp³-hybridized carbons (Fsp3) is 0.471. The van der Waals surface area contributed by atoms with Gasteiger partial charge in [-0.05, 0) is 38.4 Å². The van der Waals surface area contributed by atoms with Gasteiger partial charge in [0.25, 0.3) is 5.91 Å². The lowest BCUT2D eigenvalue weighted by molar-refractivity contribution is 0.0940. The van der Waals surface area contributed by atoms with Gasteiger partial charge in [-0.25, -0.2) is 9.67 Å². The minimum Gasteiger partial charge on any atom is -0.348 e. The molecular weight excluding hydrogens is 290 g/mol. The molecule has 1 aromatic heterocycles. The van der Waals surface area contributed by atoms with Crippen LogP contribution < -0.4 is 10.6 Å². The lowest BCUT2D eigenvalue weighted by atomic mass is 10.0. The molecule has 2 N–H and O–H groups in total. The molecule has 0 spiro atoms. The highest BCUT2D eigenvalue weighted by Gasteiger charge is 2.17. The molecule has 2 rings (SSSR count). The van der Waals surface area contributed by atoms with Crippen molar-refractivity contribution in [3.8, 4) is 5.69 Å². The Balaban J connectivity index is 2.27. The number of carbonyl (C=O) groups is 1. The third-order valence-electron chi connectivity index (χ3n) is 3.82. The number of benzene rings is 1. The third-order valence-corrected chi connectivity index (χ3v) is 3.82. The first-order chi connectivity index (χ1) is 10.9. The van der Waals surface area contributed by atoms with Crippen LogP contribution in [0.1, 0.15) is 48.7 Å². The van der Waals surface area contributed by atoms with Gasteiger partial charge in [-0.15, -0.1) is 5.10 Å². The number of hydrogen-bond acceptors (Lipinski definition) is 4. The van der Waals surface area contributed by atoms with Crippen molar-refractivity contribution in [3.63, 3.8) is 0 Å². The molecule has 1 unspecified atom stereocenters. The van der Waals surface area contributed by atoms with E-state index in [1.165, 1.54) is 5.56 Å². The van der Waals surface area contributed by atoms with Crippen molar-refractivity contribution >= 4 is 5.91 Å². The van der Waals surface area contributed by atoms with Crippen molar-refractivity contribution in [3.05, 3.63) is 41.5 Å². The van der Waals surface area contributed by atoms with Crippen LogP contribution in [0.3, 0.4) is 0 Å². The number of aromatic nitrogens is 3. The van der Waals surface area contributed by atoms with E-state index >= 15 is 0 Å². The highest BCUT2D eigenvalue weighted by Crippen LogP contribution is 2.23. The summed E-state index contributed by atoms with van der Waals surface area (Å²) in [5.74, 6) is 1.01. The largest absolute Gasteiger partial charge is 0.348 e. The molecule has 1 amide bonds. The zero-order valence-electron chi connectivity index (χ0n) is 14.4. The van der Waals surface area contributed by atoms with Gasteiger partial charge in [-0.3, -0.25) is 4.79 Å². The zero-order valence-corrected chi connectivity index (χ0v) is 14.4. The van der Waals surface area contributed by atoms with Crippen molar-refractivity contribution in [1.29, 1.82) is 0 Å². The van der Waals surface area contributed by atoms with Gasteiger partial charge in [0.1, 0.15) is 5.82 Å². The van der Waals surface area contributed by atoms with Crippen molar-refractivity contribution in [2.45, 2.75) is 39.7 Å². The van der Waals surface area contributed by atoms with Crippen molar-refractivity contribution in [2.75, 3.05) is 13.6 Å². The Morgan fingerprint density at radius 2 is 1.96 bits per heavy atom. The SMILES string of the molecule is CNC(C)CNC(=O)c1nc(C)n(-c2ccccc2C(C)C)n1. The fourth-order valence-corrected chi connectivity index (χ4v) is 2.31. The molecule has 6 nitrogen and oxygen atoms in total. The van der Waals surface area contributed by atoms with E-state index in [9.17, 15) is 4.79 Å². The molecule has 23 heavy (non-hydrogen) atoms. The molecule has 0 bridgehead atoms. The summed E-state index contributed by atoms with van der Waals surface area (Å²) in [5, 5.41) is 10.3. The van der Waals surface area contributed by atoms with Gasteiger partial charge in [-0.1, -0.05) is 32.0 Å². The number of para-hydroxylation sites is 1. The molecule has 2 aromatic rings. The van der Waals surface area contributed by atoms with Gasteiger partial charge in [0.05, 0.1) is 5.69 Å². The molecule has 0 aliphatic heterocycles. The number of carbonyl (C=O) groups excluding carboxylic acids is 1. The predicted molar refractivity (Wildman–Crippen MR) is 91.0 cm³/mol. The van der Waals surface area contributed by atoms with E-state index in [0.717, 1.165) is 5.69 Å². The number of likely N-dealkylation sites (N-methyl/N-ethyl adjacent to an activating group) is 1. The van der Waals surface area contributed by atoms with E-state index in [1.54, 1.807) is 4.68 Å². The van der Waals surface area contributed by atoms with Crippen LogP contribution >= 0.6 is 0 Å². The summed E-state index contributed by atoms with van der Waals surface area (Å²) in [7, 11) is 1.86. The summed E-state index contributed by atoms with van der Waals surface area (Å²) in [6.45, 7) is 8.66. The van der Waals surface area contributed by atoms with E-state index in [2.05, 4.69) is 40.6 Å². The monoisotopic (exact) mass is 315 g/mol. The second-order valence-corrected chi connectivity index (χ2v) is 6.01. The maximum atomic E-state index is 12.2. The maximum Gasteiger partial charge on any atom is 0.291 e. The average Bonchev–Trinajstić information content (AvgIpc) is 2.93. The van der Waals surface area contributed by atoms with Crippen molar-refractivity contribution < 1.29 is 4.79 Å². The first kappa shape index (κ1) is 17.1. The molecule has 0 fully saturated rings. The van der Waals surface area contributed by atoms with E-state index < -0.39 is 0 Å². The van der Waals surface area contributed by atoms with Gasteiger partial charge in [0, 0.05) is 12.6 Å².